The molecule has 0 aromatic rings. The van der Waals surface area contributed by atoms with E-state index >= 15 is 0 Å². The van der Waals surface area contributed by atoms with E-state index in [1.165, 1.54) is 32.1 Å². The lowest BCUT2D eigenvalue weighted by Gasteiger charge is -2.48. The van der Waals surface area contributed by atoms with Crippen LogP contribution in [0.3, 0.4) is 0 Å². The average Bonchev–Trinajstić information content (AvgIpc) is 2.57. The summed E-state index contributed by atoms with van der Waals surface area (Å²) < 4.78 is 5.27. The van der Waals surface area contributed by atoms with Gasteiger partial charge >= 0.3 is 0 Å². The van der Waals surface area contributed by atoms with Crippen molar-refractivity contribution in [2.24, 2.45) is 0 Å². The zero-order valence-electron chi connectivity index (χ0n) is 9.00. The van der Waals surface area contributed by atoms with Crippen molar-refractivity contribution in [1.82, 2.24) is 10.2 Å². The fourth-order valence-corrected chi connectivity index (χ4v) is 3.08. The molecule has 2 aliphatic heterocycles. The number of carbonyl (C=O) groups excluding carboxylic acids is 1. The third-order valence-corrected chi connectivity index (χ3v) is 3.92. The first-order valence-electron chi connectivity index (χ1n) is 5.97. The van der Waals surface area contributed by atoms with Crippen LogP contribution in [0.2, 0.25) is 0 Å². The van der Waals surface area contributed by atoms with Crippen LogP contribution in [-0.2, 0) is 9.53 Å². The smallest absolute Gasteiger partial charge is 0.238 e. The second-order valence-electron chi connectivity index (χ2n) is 4.93. The number of rotatable bonds is 1. The number of amides is 1. The Morgan fingerprint density at radius 2 is 2.00 bits per heavy atom. The predicted molar refractivity (Wildman–Crippen MR) is 55.3 cm³/mol. The first-order valence-corrected chi connectivity index (χ1v) is 5.97. The van der Waals surface area contributed by atoms with Crippen molar-refractivity contribution in [3.63, 3.8) is 0 Å². The van der Waals surface area contributed by atoms with E-state index in [-0.39, 0.29) is 11.6 Å². The van der Waals surface area contributed by atoms with Crippen molar-refractivity contribution in [3.05, 3.63) is 0 Å². The highest BCUT2D eigenvalue weighted by Crippen LogP contribution is 2.33. The lowest BCUT2D eigenvalue weighted by molar-refractivity contribution is -0.167. The molecule has 15 heavy (non-hydrogen) atoms. The number of hydrogen-bond donors (Lipinski definition) is 1. The van der Waals surface area contributed by atoms with Gasteiger partial charge in [0, 0.05) is 6.04 Å². The second kappa shape index (κ2) is 3.46. The van der Waals surface area contributed by atoms with E-state index in [9.17, 15) is 4.79 Å². The van der Waals surface area contributed by atoms with E-state index in [4.69, 9.17) is 4.74 Å². The van der Waals surface area contributed by atoms with E-state index in [2.05, 4.69) is 10.2 Å². The van der Waals surface area contributed by atoms with Crippen LogP contribution < -0.4 is 5.32 Å². The molecule has 1 amide bonds. The van der Waals surface area contributed by atoms with Crippen molar-refractivity contribution < 1.29 is 9.53 Å². The number of carbonyl (C=O) groups is 1. The summed E-state index contributed by atoms with van der Waals surface area (Å²) in [7, 11) is 0. The highest BCUT2D eigenvalue weighted by Gasteiger charge is 2.53. The molecular weight excluding hydrogens is 192 g/mol. The molecular formula is C11H18N2O2. The van der Waals surface area contributed by atoms with Gasteiger partial charge in [-0.1, -0.05) is 19.3 Å². The predicted octanol–water partition coefficient (Wildman–Crippen LogP) is 0.477. The molecule has 0 bridgehead atoms. The summed E-state index contributed by atoms with van der Waals surface area (Å²) in [6.07, 6.45) is 6.22. The van der Waals surface area contributed by atoms with Crippen LogP contribution in [0.25, 0.3) is 0 Å². The molecule has 4 nitrogen and oxygen atoms in total. The zero-order valence-corrected chi connectivity index (χ0v) is 9.00. The molecule has 0 aromatic carbocycles. The topological polar surface area (TPSA) is 41.6 Å². The molecule has 84 valence electrons. The minimum absolute atomic E-state index is 0.126. The van der Waals surface area contributed by atoms with Crippen molar-refractivity contribution >= 4 is 5.91 Å². The van der Waals surface area contributed by atoms with Crippen molar-refractivity contribution in [3.8, 4) is 0 Å². The maximum Gasteiger partial charge on any atom is 0.238 e. The molecule has 2 saturated heterocycles. The van der Waals surface area contributed by atoms with Crippen molar-refractivity contribution in [1.29, 1.82) is 0 Å². The minimum Gasteiger partial charge on any atom is -0.374 e. The minimum atomic E-state index is -0.126. The number of ether oxygens (including phenoxy) is 1. The van der Waals surface area contributed by atoms with Crippen LogP contribution in [0.15, 0.2) is 0 Å². The second-order valence-corrected chi connectivity index (χ2v) is 4.93. The summed E-state index contributed by atoms with van der Waals surface area (Å²) in [4.78, 5) is 14.0. The van der Waals surface area contributed by atoms with Gasteiger partial charge in [0.05, 0.1) is 19.8 Å². The van der Waals surface area contributed by atoms with E-state index in [1.807, 2.05) is 0 Å². The van der Waals surface area contributed by atoms with Gasteiger partial charge in [-0.15, -0.1) is 0 Å². The lowest BCUT2D eigenvalue weighted by Crippen LogP contribution is -2.68. The Hall–Kier alpha value is -0.610. The summed E-state index contributed by atoms with van der Waals surface area (Å²) in [5, 5.41) is 3.32. The van der Waals surface area contributed by atoms with Gasteiger partial charge in [0.1, 0.15) is 5.66 Å². The maximum absolute atomic E-state index is 11.9. The SMILES string of the molecule is O=C1CNC2(COC2)N1C1CCCCC1. The fraction of sp³-hybridized carbons (Fsp3) is 0.909. The Morgan fingerprint density at radius 1 is 1.27 bits per heavy atom. The third kappa shape index (κ3) is 1.39. The Bertz CT molecular complexity index is 270. The molecule has 4 heteroatoms. The van der Waals surface area contributed by atoms with Crippen molar-refractivity contribution in [2.75, 3.05) is 19.8 Å². The quantitative estimate of drug-likeness (QED) is 0.684. The van der Waals surface area contributed by atoms with Crippen LogP contribution >= 0.6 is 0 Å². The van der Waals surface area contributed by atoms with E-state index < -0.39 is 0 Å². The molecule has 3 aliphatic rings. The Labute approximate surface area is 90.0 Å². The first-order chi connectivity index (χ1) is 7.32. The number of hydrogen-bond acceptors (Lipinski definition) is 3. The molecule has 3 rings (SSSR count). The van der Waals surface area contributed by atoms with Gasteiger partial charge in [0.25, 0.3) is 0 Å². The van der Waals surface area contributed by atoms with Crippen molar-refractivity contribution in [2.45, 2.75) is 43.8 Å². The molecule has 1 aliphatic carbocycles. The molecule has 3 fully saturated rings. The van der Waals surface area contributed by atoms with Gasteiger partial charge in [0.15, 0.2) is 0 Å². The van der Waals surface area contributed by atoms with Crippen LogP contribution in [-0.4, -0.2) is 42.3 Å². The van der Waals surface area contributed by atoms with Gasteiger partial charge in [-0.3, -0.25) is 10.1 Å². The molecule has 2 heterocycles. The Balaban J connectivity index is 1.78. The van der Waals surface area contributed by atoms with Crippen LogP contribution in [0.1, 0.15) is 32.1 Å². The molecule has 0 radical (unpaired) electrons. The standard InChI is InChI=1S/C11H18N2O2/c14-10-6-12-11(7-15-8-11)13(10)9-4-2-1-3-5-9/h9,12H,1-8H2. The largest absolute Gasteiger partial charge is 0.374 e. The summed E-state index contributed by atoms with van der Waals surface area (Å²) in [5.41, 5.74) is -0.126. The fourth-order valence-electron chi connectivity index (χ4n) is 3.08. The summed E-state index contributed by atoms with van der Waals surface area (Å²) in [6, 6.07) is 0.463. The summed E-state index contributed by atoms with van der Waals surface area (Å²) >= 11 is 0. The van der Waals surface area contributed by atoms with Gasteiger partial charge in [-0.25, -0.2) is 0 Å². The maximum atomic E-state index is 11.9. The molecule has 0 unspecified atom stereocenters. The monoisotopic (exact) mass is 210 g/mol. The van der Waals surface area contributed by atoms with Crippen LogP contribution in [0.4, 0.5) is 0 Å². The average molecular weight is 210 g/mol. The molecule has 0 aromatic heterocycles. The Kier molecular flexibility index (Phi) is 2.21. The van der Waals surface area contributed by atoms with Gasteiger partial charge in [-0.2, -0.15) is 0 Å². The van der Waals surface area contributed by atoms with E-state index in [0.29, 0.717) is 25.8 Å². The highest BCUT2D eigenvalue weighted by molar-refractivity contribution is 5.82. The first kappa shape index (κ1) is 9.60. The normalized spacial score (nSPS) is 30.9. The molecule has 1 N–H and O–H groups in total. The third-order valence-electron chi connectivity index (χ3n) is 3.92. The summed E-state index contributed by atoms with van der Waals surface area (Å²) in [6.45, 7) is 1.85. The zero-order chi connectivity index (χ0) is 10.3. The lowest BCUT2D eigenvalue weighted by atomic mass is 9.92. The number of nitrogens with one attached hydrogen (secondary N) is 1. The molecule has 1 saturated carbocycles. The van der Waals surface area contributed by atoms with Crippen LogP contribution in [0.5, 0.6) is 0 Å². The highest BCUT2D eigenvalue weighted by atomic mass is 16.5. The van der Waals surface area contributed by atoms with E-state index in [1.54, 1.807) is 0 Å². The van der Waals surface area contributed by atoms with Crippen LogP contribution in [0, 0.1) is 0 Å². The number of nitrogens with zero attached hydrogens (tertiary/aromatic N) is 1. The Morgan fingerprint density at radius 3 is 2.60 bits per heavy atom. The summed E-state index contributed by atoms with van der Waals surface area (Å²) in [5.74, 6) is 0.269. The van der Waals surface area contributed by atoms with Gasteiger partial charge < -0.3 is 9.64 Å². The molecule has 0 atom stereocenters. The van der Waals surface area contributed by atoms with E-state index in [0.717, 1.165) is 0 Å². The van der Waals surface area contributed by atoms with Gasteiger partial charge in [0.2, 0.25) is 5.91 Å². The van der Waals surface area contributed by atoms with Gasteiger partial charge in [-0.05, 0) is 12.8 Å². The molecule has 1 spiro atoms.